The molecule has 4 rings (SSSR count). The highest BCUT2D eigenvalue weighted by atomic mass is 35.5. The van der Waals surface area contributed by atoms with Crippen molar-refractivity contribution in [3.63, 3.8) is 0 Å². The van der Waals surface area contributed by atoms with Gasteiger partial charge in [0.2, 0.25) is 0 Å². The van der Waals surface area contributed by atoms with Gasteiger partial charge in [-0.1, -0.05) is 42.4 Å². The van der Waals surface area contributed by atoms with Gasteiger partial charge in [0.15, 0.2) is 0 Å². The van der Waals surface area contributed by atoms with E-state index in [4.69, 9.17) is 21.1 Å². The number of hydrogen-bond donors (Lipinski definition) is 2. The van der Waals surface area contributed by atoms with Crippen LogP contribution in [0.2, 0.25) is 5.02 Å². The van der Waals surface area contributed by atoms with Gasteiger partial charge in [-0.05, 0) is 66.1 Å². The van der Waals surface area contributed by atoms with E-state index in [1.807, 2.05) is 49.4 Å². The Hall–Kier alpha value is -3.48. The van der Waals surface area contributed by atoms with Gasteiger partial charge in [0.05, 0.1) is 18.9 Å². The van der Waals surface area contributed by atoms with Crippen molar-refractivity contribution >= 4 is 28.9 Å². The molecule has 3 aromatic rings. The van der Waals surface area contributed by atoms with E-state index in [-0.39, 0.29) is 5.91 Å². The molecule has 0 unspecified atom stereocenters. The molecule has 0 saturated carbocycles. The first kappa shape index (κ1) is 23.7. The van der Waals surface area contributed by atoms with Crippen molar-refractivity contribution in [3.05, 3.63) is 101 Å². The average molecular weight is 478 g/mol. The number of anilines is 1. The molecule has 0 spiro atoms. The van der Waals surface area contributed by atoms with Gasteiger partial charge in [-0.25, -0.2) is 0 Å². The standard InChI is InChI=1S/C27H28ClN3O3/c1-19-17-25(11-12-26(19)28)34-18-21-3-5-23(6-4-21)27(32)30-29-20(2)22-7-9-24(10-8-22)31-13-15-33-16-14-31/h3-12,17,29H,2,13-16,18H2,1H3,(H,30,32). The molecule has 1 amide bonds. The largest absolute Gasteiger partial charge is 0.489 e. The number of morpholine rings is 1. The second-order valence-electron chi connectivity index (χ2n) is 8.10. The fourth-order valence-corrected chi connectivity index (χ4v) is 3.72. The Bertz CT molecular complexity index is 1140. The number of rotatable bonds is 8. The van der Waals surface area contributed by atoms with E-state index in [1.54, 1.807) is 12.1 Å². The Labute approximate surface area is 205 Å². The molecule has 0 atom stereocenters. The quantitative estimate of drug-likeness (QED) is 0.448. The lowest BCUT2D eigenvalue weighted by molar-refractivity contribution is 0.0942. The summed E-state index contributed by atoms with van der Waals surface area (Å²) in [6, 6.07) is 20.9. The Morgan fingerprint density at radius 2 is 1.68 bits per heavy atom. The van der Waals surface area contributed by atoms with Gasteiger partial charge in [-0.2, -0.15) is 0 Å². The fraction of sp³-hybridized carbons (Fsp3) is 0.222. The molecule has 1 fully saturated rings. The van der Waals surface area contributed by atoms with Gasteiger partial charge in [0, 0.05) is 29.4 Å². The van der Waals surface area contributed by atoms with Crippen LogP contribution < -0.4 is 20.5 Å². The molecule has 7 heteroatoms. The zero-order chi connectivity index (χ0) is 23.9. The molecule has 0 bridgehead atoms. The van der Waals surface area contributed by atoms with Gasteiger partial charge in [0.1, 0.15) is 12.4 Å². The highest BCUT2D eigenvalue weighted by Crippen LogP contribution is 2.22. The van der Waals surface area contributed by atoms with E-state index < -0.39 is 0 Å². The van der Waals surface area contributed by atoms with Gasteiger partial charge in [-0.3, -0.25) is 15.6 Å². The highest BCUT2D eigenvalue weighted by Gasteiger charge is 2.11. The van der Waals surface area contributed by atoms with Gasteiger partial charge in [-0.15, -0.1) is 0 Å². The van der Waals surface area contributed by atoms with Crippen LogP contribution in [0, 0.1) is 6.92 Å². The van der Waals surface area contributed by atoms with Crippen LogP contribution in [0.4, 0.5) is 5.69 Å². The van der Waals surface area contributed by atoms with Crippen LogP contribution in [0.25, 0.3) is 5.70 Å². The summed E-state index contributed by atoms with van der Waals surface area (Å²) in [7, 11) is 0. The van der Waals surface area contributed by atoms with E-state index in [2.05, 4.69) is 34.5 Å². The molecule has 0 radical (unpaired) electrons. The second kappa shape index (κ2) is 11.1. The van der Waals surface area contributed by atoms with Crippen LogP contribution in [-0.4, -0.2) is 32.2 Å². The molecular weight excluding hydrogens is 450 g/mol. The maximum Gasteiger partial charge on any atom is 0.269 e. The minimum absolute atomic E-state index is 0.244. The Kier molecular flexibility index (Phi) is 7.72. The van der Waals surface area contributed by atoms with E-state index >= 15 is 0 Å². The molecular formula is C27H28ClN3O3. The molecule has 3 aromatic carbocycles. The number of amides is 1. The SMILES string of the molecule is C=C(NNC(=O)c1ccc(COc2ccc(Cl)c(C)c2)cc1)c1ccc(N2CCOCC2)cc1. The van der Waals surface area contributed by atoms with Crippen molar-refractivity contribution in [2.45, 2.75) is 13.5 Å². The summed E-state index contributed by atoms with van der Waals surface area (Å²) >= 11 is 6.05. The lowest BCUT2D eigenvalue weighted by Crippen LogP contribution is -2.36. The number of aryl methyl sites for hydroxylation is 1. The minimum atomic E-state index is -0.244. The van der Waals surface area contributed by atoms with Crippen molar-refractivity contribution in [3.8, 4) is 5.75 Å². The number of nitrogens with one attached hydrogen (secondary N) is 2. The third kappa shape index (κ3) is 6.10. The van der Waals surface area contributed by atoms with Gasteiger partial charge < -0.3 is 14.4 Å². The molecule has 1 heterocycles. The van der Waals surface area contributed by atoms with E-state index in [0.29, 0.717) is 22.9 Å². The normalized spacial score (nSPS) is 13.3. The average Bonchev–Trinajstić information content (AvgIpc) is 2.88. The van der Waals surface area contributed by atoms with Crippen LogP contribution in [0.15, 0.2) is 73.3 Å². The second-order valence-corrected chi connectivity index (χ2v) is 8.51. The van der Waals surface area contributed by atoms with Crippen molar-refractivity contribution in [2.24, 2.45) is 0 Å². The predicted octanol–water partition coefficient (Wildman–Crippen LogP) is 4.97. The lowest BCUT2D eigenvalue weighted by Gasteiger charge is -2.29. The van der Waals surface area contributed by atoms with Crippen LogP contribution >= 0.6 is 11.6 Å². The third-order valence-electron chi connectivity index (χ3n) is 5.67. The summed E-state index contributed by atoms with van der Waals surface area (Å²) in [5, 5.41) is 0.712. The Morgan fingerprint density at radius 3 is 2.35 bits per heavy atom. The number of nitrogens with zero attached hydrogens (tertiary/aromatic N) is 1. The zero-order valence-corrected chi connectivity index (χ0v) is 19.9. The highest BCUT2D eigenvalue weighted by molar-refractivity contribution is 6.31. The molecule has 1 saturated heterocycles. The molecule has 6 nitrogen and oxygen atoms in total. The minimum Gasteiger partial charge on any atom is -0.489 e. The summed E-state index contributed by atoms with van der Waals surface area (Å²) in [5.74, 6) is 0.510. The van der Waals surface area contributed by atoms with Crippen molar-refractivity contribution in [2.75, 3.05) is 31.2 Å². The first-order valence-corrected chi connectivity index (χ1v) is 11.5. The summed E-state index contributed by atoms with van der Waals surface area (Å²) < 4.78 is 11.2. The number of ether oxygens (including phenoxy) is 2. The summed E-state index contributed by atoms with van der Waals surface area (Å²) in [5.41, 5.74) is 10.7. The van der Waals surface area contributed by atoms with Gasteiger partial charge in [0.25, 0.3) is 5.91 Å². The van der Waals surface area contributed by atoms with Crippen molar-refractivity contribution in [1.82, 2.24) is 10.9 Å². The van der Waals surface area contributed by atoms with Crippen LogP contribution in [0.5, 0.6) is 5.75 Å². The topological polar surface area (TPSA) is 62.8 Å². The van der Waals surface area contributed by atoms with Crippen molar-refractivity contribution < 1.29 is 14.3 Å². The third-order valence-corrected chi connectivity index (χ3v) is 6.09. The first-order valence-electron chi connectivity index (χ1n) is 11.2. The maximum atomic E-state index is 12.5. The smallest absolute Gasteiger partial charge is 0.269 e. The Morgan fingerprint density at radius 1 is 1.00 bits per heavy atom. The van der Waals surface area contributed by atoms with Crippen LogP contribution in [-0.2, 0) is 11.3 Å². The van der Waals surface area contributed by atoms with Crippen LogP contribution in [0.3, 0.4) is 0 Å². The maximum absolute atomic E-state index is 12.5. The summed E-state index contributed by atoms with van der Waals surface area (Å²) in [6.07, 6.45) is 0. The van der Waals surface area contributed by atoms with Crippen LogP contribution in [0.1, 0.15) is 27.0 Å². The number of carbonyl (C=O) groups is 1. The molecule has 0 aliphatic carbocycles. The van der Waals surface area contributed by atoms with Crippen molar-refractivity contribution in [1.29, 1.82) is 0 Å². The Balaban J connectivity index is 1.26. The van der Waals surface area contributed by atoms with E-state index in [9.17, 15) is 4.79 Å². The fourth-order valence-electron chi connectivity index (χ4n) is 3.60. The summed E-state index contributed by atoms with van der Waals surface area (Å²) in [6.45, 7) is 9.64. The number of benzene rings is 3. The zero-order valence-electron chi connectivity index (χ0n) is 19.1. The summed E-state index contributed by atoms with van der Waals surface area (Å²) in [4.78, 5) is 14.8. The monoisotopic (exact) mass is 477 g/mol. The molecule has 1 aliphatic rings. The van der Waals surface area contributed by atoms with E-state index in [0.717, 1.165) is 54.4 Å². The number of hydrogen-bond acceptors (Lipinski definition) is 5. The van der Waals surface area contributed by atoms with E-state index in [1.165, 1.54) is 0 Å². The van der Waals surface area contributed by atoms with Gasteiger partial charge >= 0.3 is 0 Å². The molecule has 2 N–H and O–H groups in total. The molecule has 0 aromatic heterocycles. The number of hydrazine groups is 1. The lowest BCUT2D eigenvalue weighted by atomic mass is 10.1. The first-order chi connectivity index (χ1) is 16.5. The molecule has 34 heavy (non-hydrogen) atoms. The predicted molar refractivity (Wildman–Crippen MR) is 136 cm³/mol. The molecule has 1 aliphatic heterocycles. The number of carbonyl (C=O) groups excluding carboxylic acids is 1. The molecule has 176 valence electrons. The number of halogens is 1.